The zero-order valence-corrected chi connectivity index (χ0v) is 18.2. The van der Waals surface area contributed by atoms with Crippen LogP contribution in [0.5, 0.6) is 0 Å². The van der Waals surface area contributed by atoms with Crippen LogP contribution in [0.1, 0.15) is 31.2 Å². The highest BCUT2D eigenvalue weighted by atomic mass is 35.5. The van der Waals surface area contributed by atoms with Crippen molar-refractivity contribution in [2.45, 2.75) is 37.9 Å². The molecule has 2 fully saturated rings. The number of urea groups is 1. The van der Waals surface area contributed by atoms with Gasteiger partial charge in [-0.25, -0.2) is 9.69 Å². The third kappa shape index (κ3) is 5.27. The molecule has 2 aliphatic rings. The molecular formula is C20H20ClF3N4O5. The number of rotatable bonds is 6. The van der Waals surface area contributed by atoms with E-state index in [0.29, 0.717) is 23.8 Å². The van der Waals surface area contributed by atoms with Crippen LogP contribution in [0, 0.1) is 0 Å². The summed E-state index contributed by atoms with van der Waals surface area (Å²) in [6, 6.07) is 1.56. The van der Waals surface area contributed by atoms with E-state index in [2.05, 4.69) is 5.32 Å². The minimum absolute atomic E-state index is 0.180. The molecule has 3 rings (SSSR count). The van der Waals surface area contributed by atoms with Crippen LogP contribution in [-0.2, 0) is 25.4 Å². The smallest absolute Gasteiger partial charge is 0.335 e. The van der Waals surface area contributed by atoms with Crippen molar-refractivity contribution in [1.29, 1.82) is 0 Å². The summed E-state index contributed by atoms with van der Waals surface area (Å²) in [5.41, 5.74) is -1.31. The minimum Gasteiger partial charge on any atom is -0.335 e. The maximum Gasteiger partial charge on any atom is 0.417 e. The number of halogens is 4. The quantitative estimate of drug-likeness (QED) is 0.489. The Labute approximate surface area is 191 Å². The number of alkyl halides is 3. The topological polar surface area (TPSA) is 107 Å². The van der Waals surface area contributed by atoms with E-state index in [9.17, 15) is 37.1 Å². The van der Waals surface area contributed by atoms with Crippen LogP contribution in [0.3, 0.4) is 0 Å². The molecule has 1 N–H and O–H groups in total. The highest BCUT2D eigenvalue weighted by Crippen LogP contribution is 2.36. The van der Waals surface area contributed by atoms with Gasteiger partial charge in [0.15, 0.2) is 0 Å². The lowest BCUT2D eigenvalue weighted by atomic mass is 10.2. The largest absolute Gasteiger partial charge is 0.417 e. The molecule has 1 heterocycles. The summed E-state index contributed by atoms with van der Waals surface area (Å²) in [4.78, 5) is 63.9. The Morgan fingerprint density at radius 2 is 1.79 bits per heavy atom. The van der Waals surface area contributed by atoms with Gasteiger partial charge >= 0.3 is 24.0 Å². The van der Waals surface area contributed by atoms with Crippen molar-refractivity contribution in [2.75, 3.05) is 25.5 Å². The van der Waals surface area contributed by atoms with E-state index >= 15 is 0 Å². The molecule has 0 spiro atoms. The van der Waals surface area contributed by atoms with Gasteiger partial charge in [0.1, 0.15) is 6.54 Å². The number of carbonyl (C=O) groups is 5. The summed E-state index contributed by atoms with van der Waals surface area (Å²) in [6.07, 6.45) is -1.89. The SMILES string of the molecule is CN(CC(=O)Nc1ccc(Cl)c(C(F)(F)F)c1)C(=O)CN1C(=O)C(=O)N(C2CCCC2)C1=O. The van der Waals surface area contributed by atoms with Crippen molar-refractivity contribution in [3.8, 4) is 0 Å². The third-order valence-electron chi connectivity index (χ3n) is 5.43. The van der Waals surface area contributed by atoms with Crippen LogP contribution in [0.4, 0.5) is 23.7 Å². The first-order chi connectivity index (χ1) is 15.4. The van der Waals surface area contributed by atoms with E-state index in [0.717, 1.165) is 28.7 Å². The van der Waals surface area contributed by atoms with Gasteiger partial charge in [0.2, 0.25) is 11.8 Å². The van der Waals surface area contributed by atoms with Crippen molar-refractivity contribution in [3.63, 3.8) is 0 Å². The first-order valence-electron chi connectivity index (χ1n) is 9.99. The molecule has 0 radical (unpaired) electrons. The van der Waals surface area contributed by atoms with Crippen molar-refractivity contribution in [2.24, 2.45) is 0 Å². The summed E-state index contributed by atoms with van der Waals surface area (Å²) in [5.74, 6) is -3.72. The van der Waals surface area contributed by atoms with Crippen LogP contribution in [-0.4, -0.2) is 70.5 Å². The van der Waals surface area contributed by atoms with Gasteiger partial charge in [0.25, 0.3) is 0 Å². The van der Waals surface area contributed by atoms with E-state index < -0.39 is 59.5 Å². The zero-order valence-electron chi connectivity index (χ0n) is 17.4. The molecule has 0 atom stereocenters. The van der Waals surface area contributed by atoms with Gasteiger partial charge < -0.3 is 10.2 Å². The van der Waals surface area contributed by atoms with Crippen molar-refractivity contribution in [3.05, 3.63) is 28.8 Å². The number of hydrogen-bond acceptors (Lipinski definition) is 5. The Morgan fingerprint density at radius 1 is 1.15 bits per heavy atom. The van der Waals surface area contributed by atoms with E-state index in [1.54, 1.807) is 0 Å². The van der Waals surface area contributed by atoms with E-state index in [-0.39, 0.29) is 11.7 Å². The summed E-state index contributed by atoms with van der Waals surface area (Å²) in [6.45, 7) is -1.31. The van der Waals surface area contributed by atoms with Crippen molar-refractivity contribution in [1.82, 2.24) is 14.7 Å². The molecule has 1 saturated carbocycles. The van der Waals surface area contributed by atoms with Crippen LogP contribution in [0.2, 0.25) is 5.02 Å². The van der Waals surface area contributed by atoms with E-state index in [1.165, 1.54) is 13.1 Å². The Hall–Kier alpha value is -3.15. The highest BCUT2D eigenvalue weighted by molar-refractivity contribution is 6.45. The normalized spacial score (nSPS) is 17.2. The summed E-state index contributed by atoms with van der Waals surface area (Å²) in [7, 11) is 1.21. The first-order valence-corrected chi connectivity index (χ1v) is 10.4. The molecule has 0 aromatic heterocycles. The number of hydrogen-bond donors (Lipinski definition) is 1. The zero-order chi connectivity index (χ0) is 24.5. The van der Waals surface area contributed by atoms with E-state index in [4.69, 9.17) is 11.6 Å². The number of benzene rings is 1. The fraction of sp³-hybridized carbons (Fsp3) is 0.450. The number of carbonyl (C=O) groups excluding carboxylic acids is 5. The maximum absolute atomic E-state index is 13.0. The van der Waals surface area contributed by atoms with Crippen molar-refractivity contribution >= 4 is 46.9 Å². The molecule has 6 amide bonds. The number of nitrogens with one attached hydrogen (secondary N) is 1. The summed E-state index contributed by atoms with van der Waals surface area (Å²) >= 11 is 5.54. The lowest BCUT2D eigenvalue weighted by Gasteiger charge is -2.22. The fourth-order valence-electron chi connectivity index (χ4n) is 3.73. The van der Waals surface area contributed by atoms with Crippen LogP contribution < -0.4 is 5.32 Å². The predicted octanol–water partition coefficient (Wildman–Crippen LogP) is 2.49. The number of imide groups is 2. The second-order valence-electron chi connectivity index (χ2n) is 7.78. The molecule has 1 aromatic rings. The second-order valence-corrected chi connectivity index (χ2v) is 8.18. The first kappa shape index (κ1) is 24.5. The minimum atomic E-state index is -4.72. The van der Waals surface area contributed by atoms with Gasteiger partial charge in [0, 0.05) is 18.8 Å². The van der Waals surface area contributed by atoms with Gasteiger partial charge in [-0.1, -0.05) is 24.4 Å². The lowest BCUT2D eigenvalue weighted by Crippen LogP contribution is -2.45. The lowest BCUT2D eigenvalue weighted by molar-refractivity contribution is -0.145. The molecule has 33 heavy (non-hydrogen) atoms. The molecule has 178 valence electrons. The summed E-state index contributed by atoms with van der Waals surface area (Å²) < 4.78 is 38.9. The average Bonchev–Trinajstić information content (AvgIpc) is 3.31. The Bertz CT molecular complexity index is 1010. The van der Waals surface area contributed by atoms with Gasteiger partial charge in [-0.3, -0.25) is 24.1 Å². The van der Waals surface area contributed by atoms with Gasteiger partial charge in [0.05, 0.1) is 17.1 Å². The van der Waals surface area contributed by atoms with Gasteiger partial charge in [-0.05, 0) is 31.0 Å². The van der Waals surface area contributed by atoms with Crippen LogP contribution >= 0.6 is 11.6 Å². The third-order valence-corrected chi connectivity index (χ3v) is 5.76. The average molecular weight is 489 g/mol. The highest BCUT2D eigenvalue weighted by Gasteiger charge is 2.48. The van der Waals surface area contributed by atoms with Crippen LogP contribution in [0.25, 0.3) is 0 Å². The van der Waals surface area contributed by atoms with E-state index in [1.807, 2.05) is 0 Å². The number of nitrogens with zero attached hydrogens (tertiary/aromatic N) is 3. The number of anilines is 1. The molecule has 1 aromatic carbocycles. The summed E-state index contributed by atoms with van der Waals surface area (Å²) in [5, 5.41) is 1.70. The second kappa shape index (κ2) is 9.38. The molecule has 1 saturated heterocycles. The molecule has 9 nitrogen and oxygen atoms in total. The molecule has 1 aliphatic heterocycles. The molecule has 0 unspecified atom stereocenters. The molecule has 0 bridgehead atoms. The van der Waals surface area contributed by atoms with Gasteiger partial charge in [-0.2, -0.15) is 13.2 Å². The Morgan fingerprint density at radius 3 is 2.39 bits per heavy atom. The van der Waals surface area contributed by atoms with Crippen LogP contribution in [0.15, 0.2) is 18.2 Å². The molecular weight excluding hydrogens is 469 g/mol. The predicted molar refractivity (Wildman–Crippen MR) is 109 cm³/mol. The molecule has 13 heteroatoms. The van der Waals surface area contributed by atoms with Crippen molar-refractivity contribution < 1.29 is 37.1 Å². The standard InChI is InChI=1S/C20H20ClF3N4O5/c1-26(9-15(29)25-11-6-7-14(21)13(8-11)20(22,23)24)16(30)10-27-17(31)18(32)28(19(27)33)12-4-2-3-5-12/h6-8,12H,2-5,9-10H2,1H3,(H,25,29). The van der Waals surface area contributed by atoms with Gasteiger partial charge in [-0.15, -0.1) is 0 Å². The fourth-order valence-corrected chi connectivity index (χ4v) is 3.95. The number of amides is 6. The Kier molecular flexibility index (Phi) is 6.96. The maximum atomic E-state index is 13.0. The monoisotopic (exact) mass is 488 g/mol. The number of likely N-dealkylation sites (N-methyl/N-ethyl adjacent to an activating group) is 1. The Balaban J connectivity index is 1.59. The molecule has 1 aliphatic carbocycles.